The quantitative estimate of drug-likeness (QED) is 0.193. The molecule has 1 N–H and O–H groups in total. The van der Waals surface area contributed by atoms with Crippen molar-refractivity contribution in [1.82, 2.24) is 9.55 Å². The summed E-state index contributed by atoms with van der Waals surface area (Å²) >= 11 is 12.6. The molecule has 200 valence electrons. The van der Waals surface area contributed by atoms with Crippen LogP contribution in [0, 0.1) is 0 Å². The van der Waals surface area contributed by atoms with E-state index in [-0.39, 0.29) is 5.56 Å². The molecule has 40 heavy (non-hydrogen) atoms. The molecule has 0 aliphatic heterocycles. The molecular weight excluding hydrogens is 543 g/mol. The zero-order valence-corrected chi connectivity index (χ0v) is 23.2. The molecule has 0 bridgehead atoms. The van der Waals surface area contributed by atoms with Gasteiger partial charge in [0.05, 0.1) is 22.9 Å². The molecule has 5 nitrogen and oxygen atoms in total. The van der Waals surface area contributed by atoms with Crippen LogP contribution in [0.15, 0.2) is 97.2 Å². The Morgan fingerprint density at radius 1 is 0.900 bits per heavy atom. The number of hydrogen-bond donors (Lipinski definition) is 1. The lowest BCUT2D eigenvalue weighted by molar-refractivity contribution is 0.0697. The summed E-state index contributed by atoms with van der Waals surface area (Å²) in [5, 5.41) is 10.3. The van der Waals surface area contributed by atoms with Gasteiger partial charge in [-0.05, 0) is 77.7 Å². The molecule has 0 atom stereocenters. The topological polar surface area (TPSA) is 64.4 Å². The Morgan fingerprint density at radius 2 is 1.57 bits per heavy atom. The van der Waals surface area contributed by atoms with Gasteiger partial charge in [-0.2, -0.15) is 0 Å². The molecule has 0 saturated carbocycles. The fourth-order valence-corrected chi connectivity index (χ4v) is 4.84. The summed E-state index contributed by atoms with van der Waals surface area (Å²) in [6.45, 7) is 3.12. The van der Waals surface area contributed by atoms with E-state index in [4.69, 9.17) is 32.9 Å². The summed E-state index contributed by atoms with van der Waals surface area (Å²) < 4.78 is 7.55. The van der Waals surface area contributed by atoms with Gasteiger partial charge < -0.3 is 14.4 Å². The predicted octanol–water partition coefficient (Wildman–Crippen LogP) is 8.84. The molecule has 0 amide bonds. The fourth-order valence-electron chi connectivity index (χ4n) is 4.33. The number of rotatable bonds is 9. The van der Waals surface area contributed by atoms with E-state index in [1.807, 2.05) is 60.2 Å². The van der Waals surface area contributed by atoms with Crippen molar-refractivity contribution in [2.45, 2.75) is 13.5 Å². The summed E-state index contributed by atoms with van der Waals surface area (Å²) in [6.07, 6.45) is 5.92. The number of carbonyl (C=O) groups is 1. The minimum Gasteiger partial charge on any atom is -0.494 e. The average Bonchev–Trinajstić information content (AvgIpc) is 3.35. The number of ether oxygens (including phenoxy) is 1. The van der Waals surface area contributed by atoms with E-state index >= 15 is 0 Å². The lowest BCUT2D eigenvalue weighted by atomic mass is 10.0. The van der Waals surface area contributed by atoms with Crippen LogP contribution in [0.25, 0.3) is 34.5 Å². The number of carboxylic acid groups (broad SMARTS) is 1. The van der Waals surface area contributed by atoms with Crippen molar-refractivity contribution in [2.75, 3.05) is 6.61 Å². The average molecular weight is 569 g/mol. The van der Waals surface area contributed by atoms with Crippen molar-refractivity contribution < 1.29 is 14.6 Å². The number of imidazole rings is 1. The van der Waals surface area contributed by atoms with Crippen molar-refractivity contribution in [3.63, 3.8) is 0 Å². The van der Waals surface area contributed by atoms with Gasteiger partial charge in [-0.15, -0.1) is 0 Å². The van der Waals surface area contributed by atoms with Crippen molar-refractivity contribution in [2.24, 2.45) is 0 Å². The van der Waals surface area contributed by atoms with Gasteiger partial charge in [-0.25, -0.2) is 9.78 Å². The minimum absolute atomic E-state index is 0.247. The van der Waals surface area contributed by atoms with Gasteiger partial charge in [-0.3, -0.25) is 0 Å². The van der Waals surface area contributed by atoms with E-state index in [0.29, 0.717) is 28.9 Å². The molecule has 0 aliphatic rings. The van der Waals surface area contributed by atoms with Crippen molar-refractivity contribution >= 4 is 41.3 Å². The van der Waals surface area contributed by atoms with Crippen molar-refractivity contribution in [3.05, 3.63) is 130 Å². The Kier molecular flexibility index (Phi) is 8.34. The van der Waals surface area contributed by atoms with Crippen LogP contribution in [0.4, 0.5) is 0 Å². The third kappa shape index (κ3) is 6.45. The molecule has 7 heteroatoms. The Hall–Kier alpha value is -4.32. The van der Waals surface area contributed by atoms with E-state index in [1.54, 1.807) is 24.3 Å². The number of aromatic carboxylic acids is 1. The van der Waals surface area contributed by atoms with Gasteiger partial charge in [0.2, 0.25) is 0 Å². The zero-order chi connectivity index (χ0) is 28.1. The highest BCUT2D eigenvalue weighted by Crippen LogP contribution is 2.30. The van der Waals surface area contributed by atoms with E-state index < -0.39 is 5.97 Å². The predicted molar refractivity (Wildman–Crippen MR) is 162 cm³/mol. The fraction of sp³-hybridized carbons (Fsp3) is 0.0909. The highest BCUT2D eigenvalue weighted by molar-refractivity contribution is 6.36. The van der Waals surface area contributed by atoms with Crippen LogP contribution in [-0.2, 0) is 6.54 Å². The lowest BCUT2D eigenvalue weighted by Crippen LogP contribution is -2.02. The Labute approximate surface area is 242 Å². The zero-order valence-electron chi connectivity index (χ0n) is 21.7. The Morgan fingerprint density at radius 3 is 2.20 bits per heavy atom. The molecule has 1 heterocycles. The largest absolute Gasteiger partial charge is 0.494 e. The standard InChI is InChI=1S/C33H26Cl2N2O3/c1-2-40-28-15-12-25(13-16-28)24-8-3-22(4-9-24)7-18-32-36-31(29-17-14-27(34)19-30(29)35)21-37(32)20-23-5-10-26(11-6-23)33(38)39/h3-19,21H,2,20H2,1H3,(H,38,39)/b18-7+. The maximum atomic E-state index is 11.2. The molecule has 0 spiro atoms. The van der Waals surface area contributed by atoms with E-state index in [9.17, 15) is 9.90 Å². The maximum Gasteiger partial charge on any atom is 0.335 e. The second kappa shape index (κ2) is 12.2. The van der Waals surface area contributed by atoms with Crippen LogP contribution in [0.1, 0.15) is 34.2 Å². The van der Waals surface area contributed by atoms with E-state index in [0.717, 1.165) is 39.4 Å². The first-order chi connectivity index (χ1) is 19.4. The monoisotopic (exact) mass is 568 g/mol. The van der Waals surface area contributed by atoms with Gasteiger partial charge in [0, 0.05) is 23.3 Å². The lowest BCUT2D eigenvalue weighted by Gasteiger charge is -2.07. The summed E-state index contributed by atoms with van der Waals surface area (Å²) in [7, 11) is 0. The minimum atomic E-state index is -0.953. The third-order valence-electron chi connectivity index (χ3n) is 6.40. The Balaban J connectivity index is 1.42. The highest BCUT2D eigenvalue weighted by Gasteiger charge is 2.12. The first-order valence-electron chi connectivity index (χ1n) is 12.8. The number of carboxylic acids is 1. The summed E-state index contributed by atoms with van der Waals surface area (Å²) in [5.74, 6) is 0.642. The smallest absolute Gasteiger partial charge is 0.335 e. The molecule has 5 aromatic rings. The maximum absolute atomic E-state index is 11.2. The number of hydrogen-bond acceptors (Lipinski definition) is 3. The molecule has 0 fully saturated rings. The van der Waals surface area contributed by atoms with Gasteiger partial charge >= 0.3 is 5.97 Å². The summed E-state index contributed by atoms with van der Waals surface area (Å²) in [5.41, 5.74) is 5.96. The highest BCUT2D eigenvalue weighted by atomic mass is 35.5. The Bertz CT molecular complexity index is 1660. The van der Waals surface area contributed by atoms with Gasteiger partial charge in [0.1, 0.15) is 11.6 Å². The molecular formula is C33H26Cl2N2O3. The van der Waals surface area contributed by atoms with Crippen molar-refractivity contribution in [3.8, 4) is 28.1 Å². The van der Waals surface area contributed by atoms with Gasteiger partial charge in [0.25, 0.3) is 0 Å². The SMILES string of the molecule is CCOc1ccc(-c2ccc(/C=C/c3nc(-c4ccc(Cl)cc4Cl)cn3Cc3ccc(C(=O)O)cc3)cc2)cc1. The molecule has 1 aromatic heterocycles. The molecule has 0 radical (unpaired) electrons. The number of halogens is 2. The van der Waals surface area contributed by atoms with Crippen LogP contribution < -0.4 is 4.74 Å². The molecule has 4 aromatic carbocycles. The number of benzene rings is 4. The molecule has 0 aliphatic carbocycles. The van der Waals surface area contributed by atoms with E-state index in [2.05, 4.69) is 36.4 Å². The summed E-state index contributed by atoms with van der Waals surface area (Å²) in [4.78, 5) is 16.1. The first kappa shape index (κ1) is 27.3. The van der Waals surface area contributed by atoms with Crippen LogP contribution in [0.3, 0.4) is 0 Å². The van der Waals surface area contributed by atoms with Gasteiger partial charge in [-0.1, -0.05) is 77.8 Å². The van der Waals surface area contributed by atoms with E-state index in [1.165, 1.54) is 0 Å². The molecule has 0 saturated heterocycles. The second-order valence-corrected chi connectivity index (χ2v) is 9.99. The first-order valence-corrected chi connectivity index (χ1v) is 13.5. The normalized spacial score (nSPS) is 11.2. The molecule has 5 rings (SSSR count). The molecule has 0 unspecified atom stereocenters. The van der Waals surface area contributed by atoms with Crippen LogP contribution in [0.2, 0.25) is 10.0 Å². The number of aromatic nitrogens is 2. The van der Waals surface area contributed by atoms with Crippen LogP contribution in [-0.4, -0.2) is 27.2 Å². The van der Waals surface area contributed by atoms with Crippen molar-refractivity contribution in [1.29, 1.82) is 0 Å². The third-order valence-corrected chi connectivity index (χ3v) is 6.95. The second-order valence-electron chi connectivity index (χ2n) is 9.15. The summed E-state index contributed by atoms with van der Waals surface area (Å²) in [6, 6.07) is 28.5. The van der Waals surface area contributed by atoms with Crippen LogP contribution in [0.5, 0.6) is 5.75 Å². The number of nitrogens with zero attached hydrogens (tertiary/aromatic N) is 2. The van der Waals surface area contributed by atoms with Gasteiger partial charge in [0.15, 0.2) is 0 Å². The van der Waals surface area contributed by atoms with Crippen LogP contribution >= 0.6 is 23.2 Å².